The Labute approximate surface area is 165 Å². The molecule has 27 heavy (non-hydrogen) atoms. The molecule has 1 aliphatic heterocycles. The van der Waals surface area contributed by atoms with Crippen LogP contribution in [-0.2, 0) is 5.75 Å². The number of aromatic nitrogens is 4. The molecule has 0 saturated carbocycles. The van der Waals surface area contributed by atoms with Crippen LogP contribution in [0.5, 0.6) is 17.2 Å². The summed E-state index contributed by atoms with van der Waals surface area (Å²) in [5, 5.41) is 13.3. The van der Waals surface area contributed by atoms with Crippen LogP contribution in [0.1, 0.15) is 12.5 Å². The normalized spacial score (nSPS) is 12.8. The Hall–Kier alpha value is -2.45. The van der Waals surface area contributed by atoms with Gasteiger partial charge in [0, 0.05) is 5.75 Å². The summed E-state index contributed by atoms with van der Waals surface area (Å²) in [6, 6.07) is 11.5. The highest BCUT2D eigenvalue weighted by atomic mass is 35.5. The molecule has 7 nitrogen and oxygen atoms in total. The molecule has 3 aromatic rings. The number of hydrogen-bond donors (Lipinski definition) is 0. The number of para-hydroxylation sites is 2. The van der Waals surface area contributed by atoms with Gasteiger partial charge in [-0.25, -0.2) is 0 Å². The first-order valence-electron chi connectivity index (χ1n) is 8.47. The lowest BCUT2D eigenvalue weighted by molar-refractivity contribution is 0.171. The van der Waals surface area contributed by atoms with Crippen molar-refractivity contribution in [2.75, 3.05) is 19.8 Å². The van der Waals surface area contributed by atoms with Crippen molar-refractivity contribution in [3.8, 4) is 22.9 Å². The maximum absolute atomic E-state index is 6.31. The Bertz CT molecular complexity index is 950. The number of rotatable bonds is 6. The summed E-state index contributed by atoms with van der Waals surface area (Å²) in [5.41, 5.74) is 1.80. The van der Waals surface area contributed by atoms with Crippen LogP contribution in [-0.4, -0.2) is 40.0 Å². The minimum atomic E-state index is 0.509. The molecular weight excluding hydrogens is 388 g/mol. The maximum atomic E-state index is 6.31. The van der Waals surface area contributed by atoms with E-state index in [2.05, 4.69) is 15.5 Å². The summed E-state index contributed by atoms with van der Waals surface area (Å²) in [4.78, 5) is 0. The second-order valence-electron chi connectivity index (χ2n) is 5.66. The third kappa shape index (κ3) is 3.81. The molecule has 140 valence electrons. The molecule has 1 aromatic heterocycles. The van der Waals surface area contributed by atoms with Gasteiger partial charge in [0.2, 0.25) is 5.16 Å². The third-order valence-electron chi connectivity index (χ3n) is 3.86. The largest absolute Gasteiger partial charge is 0.492 e. The number of tetrazole rings is 1. The monoisotopic (exact) mass is 404 g/mol. The molecule has 0 amide bonds. The molecule has 1 aliphatic rings. The number of halogens is 1. The average Bonchev–Trinajstić information content (AvgIpc) is 3.15. The van der Waals surface area contributed by atoms with Crippen LogP contribution >= 0.6 is 23.4 Å². The predicted octanol–water partition coefficient (Wildman–Crippen LogP) is 3.78. The van der Waals surface area contributed by atoms with Crippen molar-refractivity contribution >= 4 is 23.4 Å². The lowest BCUT2D eigenvalue weighted by atomic mass is 10.2. The van der Waals surface area contributed by atoms with E-state index >= 15 is 0 Å². The molecule has 2 heterocycles. The molecule has 0 saturated heterocycles. The van der Waals surface area contributed by atoms with E-state index in [1.165, 1.54) is 11.8 Å². The van der Waals surface area contributed by atoms with E-state index in [1.807, 2.05) is 43.3 Å². The van der Waals surface area contributed by atoms with E-state index < -0.39 is 0 Å². The quantitative estimate of drug-likeness (QED) is 0.579. The lowest BCUT2D eigenvalue weighted by Crippen LogP contribution is -2.15. The van der Waals surface area contributed by atoms with Crippen LogP contribution in [0.3, 0.4) is 0 Å². The molecule has 4 rings (SSSR count). The fourth-order valence-corrected chi connectivity index (χ4v) is 3.83. The van der Waals surface area contributed by atoms with Gasteiger partial charge in [0.05, 0.1) is 11.6 Å². The SMILES string of the molecule is CCOc1ccccc1-n1nnnc1SCc1cc(Cl)c2c(c1)OCCO2. The summed E-state index contributed by atoms with van der Waals surface area (Å²) < 4.78 is 18.6. The van der Waals surface area contributed by atoms with Crippen molar-refractivity contribution < 1.29 is 14.2 Å². The van der Waals surface area contributed by atoms with E-state index in [0.717, 1.165) is 17.0 Å². The fraction of sp³-hybridized carbons (Fsp3) is 0.278. The van der Waals surface area contributed by atoms with Gasteiger partial charge in [-0.2, -0.15) is 4.68 Å². The van der Waals surface area contributed by atoms with Crippen molar-refractivity contribution in [1.29, 1.82) is 0 Å². The number of hydrogen-bond acceptors (Lipinski definition) is 7. The summed E-state index contributed by atoms with van der Waals surface area (Å²) in [7, 11) is 0. The van der Waals surface area contributed by atoms with Crippen LogP contribution < -0.4 is 14.2 Å². The van der Waals surface area contributed by atoms with Gasteiger partial charge in [-0.05, 0) is 47.2 Å². The third-order valence-corrected chi connectivity index (χ3v) is 5.13. The molecule has 0 N–H and O–H groups in total. The first-order chi connectivity index (χ1) is 13.3. The first kappa shape index (κ1) is 17.9. The summed E-state index contributed by atoms with van der Waals surface area (Å²) in [5.74, 6) is 2.64. The molecule has 2 aromatic carbocycles. The van der Waals surface area contributed by atoms with Crippen LogP contribution in [0.25, 0.3) is 5.69 Å². The summed E-state index contributed by atoms with van der Waals surface area (Å²) >= 11 is 7.82. The Morgan fingerprint density at radius 1 is 1.22 bits per heavy atom. The lowest BCUT2D eigenvalue weighted by Gasteiger charge is -2.20. The smallest absolute Gasteiger partial charge is 0.214 e. The highest BCUT2D eigenvalue weighted by Crippen LogP contribution is 2.39. The molecule has 0 radical (unpaired) electrons. The second kappa shape index (κ2) is 8.06. The zero-order chi connectivity index (χ0) is 18.6. The molecule has 0 fully saturated rings. The maximum Gasteiger partial charge on any atom is 0.214 e. The predicted molar refractivity (Wildman–Crippen MR) is 102 cm³/mol. The fourth-order valence-electron chi connectivity index (χ4n) is 2.73. The molecule has 0 bridgehead atoms. The van der Waals surface area contributed by atoms with E-state index in [1.54, 1.807) is 4.68 Å². The van der Waals surface area contributed by atoms with Crippen LogP contribution in [0.15, 0.2) is 41.6 Å². The number of benzene rings is 2. The van der Waals surface area contributed by atoms with Crippen molar-refractivity contribution in [3.05, 3.63) is 47.0 Å². The second-order valence-corrected chi connectivity index (χ2v) is 7.01. The highest BCUT2D eigenvalue weighted by Gasteiger charge is 2.18. The van der Waals surface area contributed by atoms with Gasteiger partial charge in [-0.1, -0.05) is 35.5 Å². The van der Waals surface area contributed by atoms with Crippen molar-refractivity contribution in [2.24, 2.45) is 0 Å². The number of thioether (sulfide) groups is 1. The molecule has 0 spiro atoms. The van der Waals surface area contributed by atoms with Gasteiger partial charge < -0.3 is 14.2 Å². The van der Waals surface area contributed by atoms with Gasteiger partial charge in [0.1, 0.15) is 24.7 Å². The average molecular weight is 405 g/mol. The topological polar surface area (TPSA) is 71.3 Å². The van der Waals surface area contributed by atoms with Gasteiger partial charge in [0.15, 0.2) is 11.5 Å². The van der Waals surface area contributed by atoms with Crippen molar-refractivity contribution in [3.63, 3.8) is 0 Å². The van der Waals surface area contributed by atoms with E-state index in [-0.39, 0.29) is 0 Å². The summed E-state index contributed by atoms with van der Waals surface area (Å²) in [6.07, 6.45) is 0. The van der Waals surface area contributed by atoms with E-state index in [9.17, 15) is 0 Å². The van der Waals surface area contributed by atoms with Crippen LogP contribution in [0, 0.1) is 0 Å². The van der Waals surface area contributed by atoms with Gasteiger partial charge >= 0.3 is 0 Å². The molecule has 0 atom stereocenters. The Kier molecular flexibility index (Phi) is 5.35. The molecular formula is C18H17ClN4O3S. The van der Waals surface area contributed by atoms with E-state index in [0.29, 0.717) is 47.3 Å². The Balaban J connectivity index is 1.56. The molecule has 0 unspecified atom stereocenters. The Morgan fingerprint density at radius 2 is 2.07 bits per heavy atom. The van der Waals surface area contributed by atoms with Gasteiger partial charge in [-0.15, -0.1) is 5.10 Å². The zero-order valence-electron chi connectivity index (χ0n) is 14.6. The number of nitrogens with zero attached hydrogens (tertiary/aromatic N) is 4. The van der Waals surface area contributed by atoms with Gasteiger partial charge in [0.25, 0.3) is 0 Å². The number of ether oxygens (including phenoxy) is 3. The molecule has 0 aliphatic carbocycles. The zero-order valence-corrected chi connectivity index (χ0v) is 16.2. The van der Waals surface area contributed by atoms with Crippen LogP contribution in [0.2, 0.25) is 5.02 Å². The van der Waals surface area contributed by atoms with E-state index in [4.69, 9.17) is 25.8 Å². The Morgan fingerprint density at radius 3 is 2.96 bits per heavy atom. The standard InChI is InChI=1S/C18H17ClN4O3S/c1-2-24-15-6-4-3-5-14(15)23-18(20-21-22-23)27-11-12-9-13(19)17-16(10-12)25-7-8-26-17/h3-6,9-10H,2,7-8,11H2,1H3. The minimum absolute atomic E-state index is 0.509. The minimum Gasteiger partial charge on any atom is -0.492 e. The van der Waals surface area contributed by atoms with Crippen molar-refractivity contribution in [1.82, 2.24) is 20.2 Å². The number of fused-ring (bicyclic) bond motifs is 1. The van der Waals surface area contributed by atoms with Crippen molar-refractivity contribution in [2.45, 2.75) is 17.8 Å². The highest BCUT2D eigenvalue weighted by molar-refractivity contribution is 7.98. The van der Waals surface area contributed by atoms with Gasteiger partial charge in [-0.3, -0.25) is 0 Å². The summed E-state index contributed by atoms with van der Waals surface area (Å²) in [6.45, 7) is 3.54. The molecule has 9 heteroatoms. The van der Waals surface area contributed by atoms with Crippen LogP contribution in [0.4, 0.5) is 0 Å². The first-order valence-corrected chi connectivity index (χ1v) is 9.84.